The molecule has 6 aromatic rings. The molecule has 0 atom stereocenters. The van der Waals surface area contributed by atoms with Crippen LogP contribution >= 0.6 is 0 Å². The average molecular weight is 499 g/mol. The molecule has 0 aliphatic heterocycles. The lowest BCUT2D eigenvalue weighted by molar-refractivity contribution is 0.628. The number of H-pyrrole nitrogens is 1. The normalized spacial score (nSPS) is 11.1. The molecule has 2 N–H and O–H groups in total. The molecule has 0 radical (unpaired) electrons. The summed E-state index contributed by atoms with van der Waals surface area (Å²) in [5.74, 6) is 0.565. The Morgan fingerprint density at radius 1 is 0.711 bits per heavy atom. The van der Waals surface area contributed by atoms with Crippen molar-refractivity contribution in [2.75, 3.05) is 11.9 Å². The van der Waals surface area contributed by atoms with Crippen LogP contribution in [0.5, 0.6) is 0 Å². The Hall–Kier alpha value is -4.77. The number of rotatable bonds is 8. The molecule has 6 rings (SSSR count). The van der Waals surface area contributed by atoms with E-state index in [0.717, 1.165) is 58.6 Å². The van der Waals surface area contributed by atoms with Crippen LogP contribution in [0.15, 0.2) is 116 Å². The van der Waals surface area contributed by atoms with Crippen molar-refractivity contribution < 1.29 is 4.39 Å². The molecule has 5 heteroatoms. The Morgan fingerprint density at radius 2 is 1.50 bits per heavy atom. The van der Waals surface area contributed by atoms with Crippen LogP contribution in [0.2, 0.25) is 0 Å². The molecule has 3 heterocycles. The van der Waals surface area contributed by atoms with E-state index in [1.165, 1.54) is 28.8 Å². The second kappa shape index (κ2) is 10.7. The van der Waals surface area contributed by atoms with Crippen LogP contribution < -0.4 is 5.32 Å². The summed E-state index contributed by atoms with van der Waals surface area (Å²) in [4.78, 5) is 12.5. The zero-order valence-corrected chi connectivity index (χ0v) is 20.9. The lowest BCUT2D eigenvalue weighted by atomic mass is 10.00. The molecule has 186 valence electrons. The van der Waals surface area contributed by atoms with E-state index < -0.39 is 0 Å². The largest absolute Gasteiger partial charge is 0.370 e. The van der Waals surface area contributed by atoms with Crippen LogP contribution in [0.4, 0.5) is 10.2 Å². The zero-order chi connectivity index (χ0) is 25.7. The number of benzene rings is 3. The van der Waals surface area contributed by atoms with Gasteiger partial charge in [-0.05, 0) is 89.2 Å². The first-order valence-corrected chi connectivity index (χ1v) is 12.8. The molecular weight excluding hydrogens is 471 g/mol. The Bertz CT molecular complexity index is 1660. The maximum absolute atomic E-state index is 13.6. The zero-order valence-electron chi connectivity index (χ0n) is 20.9. The van der Waals surface area contributed by atoms with E-state index in [0.29, 0.717) is 0 Å². The van der Waals surface area contributed by atoms with Crippen molar-refractivity contribution in [1.82, 2.24) is 15.0 Å². The van der Waals surface area contributed by atoms with Crippen molar-refractivity contribution in [3.05, 3.63) is 127 Å². The lowest BCUT2D eigenvalue weighted by Gasteiger charge is -2.08. The van der Waals surface area contributed by atoms with Gasteiger partial charge >= 0.3 is 0 Å². The highest BCUT2D eigenvalue weighted by atomic mass is 19.1. The number of aryl methyl sites for hydroxylation is 1. The molecule has 0 aliphatic carbocycles. The summed E-state index contributed by atoms with van der Waals surface area (Å²) in [7, 11) is 0. The van der Waals surface area contributed by atoms with Gasteiger partial charge in [0.25, 0.3) is 0 Å². The van der Waals surface area contributed by atoms with Crippen LogP contribution in [0, 0.1) is 5.82 Å². The predicted octanol–water partition coefficient (Wildman–Crippen LogP) is 8.14. The van der Waals surface area contributed by atoms with Gasteiger partial charge in [-0.25, -0.2) is 9.37 Å². The minimum absolute atomic E-state index is 0.258. The summed E-state index contributed by atoms with van der Waals surface area (Å²) >= 11 is 0. The van der Waals surface area contributed by atoms with Gasteiger partial charge in [0.05, 0.1) is 5.69 Å². The fourth-order valence-corrected chi connectivity index (χ4v) is 4.87. The maximum Gasteiger partial charge on any atom is 0.140 e. The molecule has 0 amide bonds. The van der Waals surface area contributed by atoms with Gasteiger partial charge in [0.2, 0.25) is 0 Å². The highest BCUT2D eigenvalue weighted by molar-refractivity contribution is 6.02. The highest BCUT2D eigenvalue weighted by Crippen LogP contribution is 2.38. The van der Waals surface area contributed by atoms with E-state index in [9.17, 15) is 4.39 Å². The maximum atomic E-state index is 13.6. The van der Waals surface area contributed by atoms with Gasteiger partial charge in [0.15, 0.2) is 0 Å². The number of pyridine rings is 2. The Balaban J connectivity index is 1.19. The summed E-state index contributed by atoms with van der Waals surface area (Å²) in [6.45, 7) is 0.816. The third kappa shape index (κ3) is 5.04. The third-order valence-electron chi connectivity index (χ3n) is 6.74. The van der Waals surface area contributed by atoms with Crippen molar-refractivity contribution in [3.63, 3.8) is 0 Å². The average Bonchev–Trinajstić information content (AvgIpc) is 3.35. The van der Waals surface area contributed by atoms with Gasteiger partial charge in [-0.15, -0.1) is 0 Å². The summed E-state index contributed by atoms with van der Waals surface area (Å²) in [5, 5.41) is 4.49. The first-order chi connectivity index (χ1) is 18.7. The van der Waals surface area contributed by atoms with Crippen molar-refractivity contribution in [2.24, 2.45) is 0 Å². The quantitative estimate of drug-likeness (QED) is 0.208. The standard InChI is InChI=1S/C33H27FN4/c34-28-13-11-26(12-14-28)32-31(25-17-20-35-21-18-25)29-15-16-30(37-33(29)38-32)36-19-5-7-23-6-4-10-27(22-23)24-8-2-1-3-9-24/h1-4,6,8-18,20-22H,5,7,19H2,(H2,36,37,38). The molecule has 3 aromatic carbocycles. The van der Waals surface area contributed by atoms with Gasteiger partial charge in [-0.2, -0.15) is 0 Å². The minimum atomic E-state index is -0.258. The number of hydrogen-bond donors (Lipinski definition) is 2. The predicted molar refractivity (Wildman–Crippen MR) is 153 cm³/mol. The molecule has 38 heavy (non-hydrogen) atoms. The van der Waals surface area contributed by atoms with Gasteiger partial charge in [0.1, 0.15) is 17.3 Å². The number of hydrogen-bond acceptors (Lipinski definition) is 3. The molecule has 0 unspecified atom stereocenters. The third-order valence-corrected chi connectivity index (χ3v) is 6.74. The molecule has 0 saturated carbocycles. The molecule has 3 aromatic heterocycles. The van der Waals surface area contributed by atoms with Gasteiger partial charge < -0.3 is 10.3 Å². The number of nitrogens with one attached hydrogen (secondary N) is 2. The number of halogens is 1. The molecule has 0 spiro atoms. The second-order valence-electron chi connectivity index (χ2n) is 9.31. The Kier molecular flexibility index (Phi) is 6.64. The van der Waals surface area contributed by atoms with E-state index in [4.69, 9.17) is 4.98 Å². The van der Waals surface area contributed by atoms with Crippen LogP contribution in [-0.4, -0.2) is 21.5 Å². The smallest absolute Gasteiger partial charge is 0.140 e. The number of fused-ring (bicyclic) bond motifs is 1. The second-order valence-corrected chi connectivity index (χ2v) is 9.31. The van der Waals surface area contributed by atoms with Crippen LogP contribution in [0.25, 0.3) is 44.5 Å². The topological polar surface area (TPSA) is 53.6 Å². The van der Waals surface area contributed by atoms with Crippen molar-refractivity contribution in [2.45, 2.75) is 12.8 Å². The SMILES string of the molecule is Fc1ccc(-c2[nH]c3nc(NCCCc4cccc(-c5ccccc5)c4)ccc3c2-c2ccncc2)cc1. The van der Waals surface area contributed by atoms with E-state index in [-0.39, 0.29) is 5.82 Å². The van der Waals surface area contributed by atoms with E-state index in [1.807, 2.05) is 24.3 Å². The molecule has 0 aliphatic rings. The monoisotopic (exact) mass is 498 g/mol. The van der Waals surface area contributed by atoms with Gasteiger partial charge in [-0.1, -0.05) is 54.6 Å². The number of aromatic nitrogens is 3. The Labute approximate surface area is 221 Å². The first-order valence-electron chi connectivity index (χ1n) is 12.8. The number of nitrogens with zero attached hydrogens (tertiary/aromatic N) is 2. The van der Waals surface area contributed by atoms with Crippen LogP contribution in [0.3, 0.4) is 0 Å². The molecule has 0 saturated heterocycles. The van der Waals surface area contributed by atoms with Crippen LogP contribution in [0.1, 0.15) is 12.0 Å². The highest BCUT2D eigenvalue weighted by Gasteiger charge is 2.16. The summed E-state index contributed by atoms with van der Waals surface area (Å²) in [5.41, 5.74) is 8.48. The molecule has 0 bridgehead atoms. The van der Waals surface area contributed by atoms with E-state index in [1.54, 1.807) is 24.5 Å². The van der Waals surface area contributed by atoms with Gasteiger partial charge in [-0.3, -0.25) is 4.98 Å². The summed E-state index contributed by atoms with van der Waals surface area (Å²) in [6.07, 6.45) is 5.54. The van der Waals surface area contributed by atoms with Crippen molar-refractivity contribution in [3.8, 4) is 33.5 Å². The lowest BCUT2D eigenvalue weighted by Crippen LogP contribution is -2.04. The molecule has 4 nitrogen and oxygen atoms in total. The van der Waals surface area contributed by atoms with Crippen LogP contribution in [-0.2, 0) is 6.42 Å². The fourth-order valence-electron chi connectivity index (χ4n) is 4.87. The van der Waals surface area contributed by atoms with Crippen molar-refractivity contribution in [1.29, 1.82) is 0 Å². The van der Waals surface area contributed by atoms with E-state index in [2.05, 4.69) is 69.9 Å². The Morgan fingerprint density at radius 3 is 2.32 bits per heavy atom. The first kappa shape index (κ1) is 23.6. The minimum Gasteiger partial charge on any atom is -0.370 e. The number of anilines is 1. The van der Waals surface area contributed by atoms with Crippen molar-refractivity contribution >= 4 is 16.9 Å². The number of aromatic amines is 1. The van der Waals surface area contributed by atoms with Gasteiger partial charge in [0, 0.05) is 29.9 Å². The fraction of sp³-hybridized carbons (Fsp3) is 0.0909. The molecule has 0 fully saturated rings. The molecular formula is C33H27FN4. The summed E-state index contributed by atoms with van der Waals surface area (Å²) < 4.78 is 13.6. The van der Waals surface area contributed by atoms with E-state index >= 15 is 0 Å². The summed E-state index contributed by atoms with van der Waals surface area (Å²) in [6, 6.07) is 33.8.